The lowest BCUT2D eigenvalue weighted by molar-refractivity contribution is -0.141. The minimum Gasteiger partial charge on any atom is -0.496 e. The predicted molar refractivity (Wildman–Crippen MR) is 69.4 cm³/mol. The number of aryl methyl sites for hydroxylation is 1. The van der Waals surface area contributed by atoms with Crippen LogP contribution in [0.2, 0.25) is 0 Å². The molecule has 1 heterocycles. The molecule has 0 aliphatic carbocycles. The van der Waals surface area contributed by atoms with Gasteiger partial charge in [0.25, 0.3) is 0 Å². The van der Waals surface area contributed by atoms with E-state index in [4.69, 9.17) is 16.3 Å². The number of hydrogen-bond donors (Lipinski definition) is 0. The first-order chi connectivity index (χ1) is 9.36. The SMILES string of the molecule is COc1cc(-n2nc(C(F)(F)F)cc2C)ccc1CCl. The molecule has 2 aromatic rings. The Morgan fingerprint density at radius 3 is 2.50 bits per heavy atom. The molecule has 7 heteroatoms. The monoisotopic (exact) mass is 304 g/mol. The fraction of sp³-hybridized carbons (Fsp3) is 0.308. The largest absolute Gasteiger partial charge is 0.496 e. The van der Waals surface area contributed by atoms with Crippen molar-refractivity contribution in [3.05, 3.63) is 41.2 Å². The minimum atomic E-state index is -4.46. The third kappa shape index (κ3) is 2.75. The summed E-state index contributed by atoms with van der Waals surface area (Å²) in [5, 5.41) is 3.59. The number of halogens is 4. The smallest absolute Gasteiger partial charge is 0.435 e. The zero-order chi connectivity index (χ0) is 14.9. The Morgan fingerprint density at radius 2 is 2.00 bits per heavy atom. The molecule has 0 atom stereocenters. The van der Waals surface area contributed by atoms with E-state index in [0.29, 0.717) is 17.1 Å². The van der Waals surface area contributed by atoms with E-state index in [0.717, 1.165) is 11.6 Å². The molecule has 1 aromatic carbocycles. The first-order valence-corrected chi connectivity index (χ1v) is 6.27. The number of rotatable bonds is 3. The van der Waals surface area contributed by atoms with Gasteiger partial charge in [-0.05, 0) is 19.1 Å². The summed E-state index contributed by atoms with van der Waals surface area (Å²) in [6, 6.07) is 5.97. The van der Waals surface area contributed by atoms with Crippen LogP contribution in [-0.2, 0) is 12.1 Å². The van der Waals surface area contributed by atoms with Crippen molar-refractivity contribution in [3.63, 3.8) is 0 Å². The van der Waals surface area contributed by atoms with E-state index in [1.54, 1.807) is 25.1 Å². The van der Waals surface area contributed by atoms with Crippen LogP contribution >= 0.6 is 11.6 Å². The number of hydrogen-bond acceptors (Lipinski definition) is 2. The zero-order valence-electron chi connectivity index (χ0n) is 10.8. The van der Waals surface area contributed by atoms with Gasteiger partial charge in [-0.15, -0.1) is 11.6 Å². The van der Waals surface area contributed by atoms with Crippen LogP contribution < -0.4 is 4.74 Å². The summed E-state index contributed by atoms with van der Waals surface area (Å²) in [7, 11) is 1.48. The first-order valence-electron chi connectivity index (χ1n) is 5.74. The molecule has 0 saturated carbocycles. The number of alkyl halides is 4. The first kappa shape index (κ1) is 14.7. The van der Waals surface area contributed by atoms with E-state index >= 15 is 0 Å². The fourth-order valence-electron chi connectivity index (χ4n) is 1.85. The molecule has 108 valence electrons. The van der Waals surface area contributed by atoms with E-state index < -0.39 is 11.9 Å². The summed E-state index contributed by atoms with van der Waals surface area (Å²) in [6.07, 6.45) is -4.46. The lowest BCUT2D eigenvalue weighted by Gasteiger charge is -2.10. The number of ether oxygens (including phenoxy) is 1. The quantitative estimate of drug-likeness (QED) is 0.803. The second-order valence-corrected chi connectivity index (χ2v) is 4.48. The molecule has 0 saturated heterocycles. The van der Waals surface area contributed by atoms with Gasteiger partial charge in [0, 0.05) is 17.3 Å². The van der Waals surface area contributed by atoms with E-state index in [9.17, 15) is 13.2 Å². The van der Waals surface area contributed by atoms with Crippen molar-refractivity contribution in [3.8, 4) is 11.4 Å². The molecule has 0 unspecified atom stereocenters. The van der Waals surface area contributed by atoms with Gasteiger partial charge in [0.15, 0.2) is 5.69 Å². The van der Waals surface area contributed by atoms with Gasteiger partial charge in [-0.3, -0.25) is 0 Å². The van der Waals surface area contributed by atoms with E-state index in [2.05, 4.69) is 5.10 Å². The van der Waals surface area contributed by atoms with Crippen molar-refractivity contribution in [1.29, 1.82) is 0 Å². The highest BCUT2D eigenvalue weighted by Gasteiger charge is 2.34. The van der Waals surface area contributed by atoms with Crippen molar-refractivity contribution in [2.75, 3.05) is 7.11 Å². The van der Waals surface area contributed by atoms with Gasteiger partial charge in [0.2, 0.25) is 0 Å². The third-order valence-electron chi connectivity index (χ3n) is 2.84. The highest BCUT2D eigenvalue weighted by atomic mass is 35.5. The molecule has 2 rings (SSSR count). The van der Waals surface area contributed by atoms with Crippen LogP contribution in [0.25, 0.3) is 5.69 Å². The van der Waals surface area contributed by atoms with Crippen LogP contribution in [0.15, 0.2) is 24.3 Å². The summed E-state index contributed by atoms with van der Waals surface area (Å²) in [5.41, 5.74) is 0.718. The van der Waals surface area contributed by atoms with Crippen molar-refractivity contribution in [2.24, 2.45) is 0 Å². The topological polar surface area (TPSA) is 27.1 Å². The van der Waals surface area contributed by atoms with Crippen LogP contribution in [0, 0.1) is 6.92 Å². The average molecular weight is 305 g/mol. The van der Waals surface area contributed by atoms with Crippen LogP contribution in [0.4, 0.5) is 13.2 Å². The average Bonchev–Trinajstić information content (AvgIpc) is 2.80. The van der Waals surface area contributed by atoms with Gasteiger partial charge >= 0.3 is 6.18 Å². The summed E-state index contributed by atoms with van der Waals surface area (Å²) in [5.74, 6) is 0.774. The van der Waals surface area contributed by atoms with Gasteiger partial charge in [0.05, 0.1) is 18.7 Å². The Kier molecular flexibility index (Phi) is 3.94. The van der Waals surface area contributed by atoms with Crippen LogP contribution in [0.3, 0.4) is 0 Å². The van der Waals surface area contributed by atoms with Gasteiger partial charge in [0.1, 0.15) is 5.75 Å². The standard InChI is InChI=1S/C13H12ClF3N2O/c1-8-5-12(13(15,16)17)18-19(8)10-4-3-9(7-14)11(6-10)20-2/h3-6H,7H2,1-2H3. The lowest BCUT2D eigenvalue weighted by Crippen LogP contribution is -2.07. The summed E-state index contributed by atoms with van der Waals surface area (Å²) < 4.78 is 44.3. The van der Waals surface area contributed by atoms with Gasteiger partial charge in [-0.2, -0.15) is 18.3 Å². The number of methoxy groups -OCH3 is 1. The Morgan fingerprint density at radius 1 is 1.30 bits per heavy atom. The molecule has 20 heavy (non-hydrogen) atoms. The van der Waals surface area contributed by atoms with E-state index in [-0.39, 0.29) is 5.88 Å². The molecular formula is C13H12ClF3N2O. The number of nitrogens with zero attached hydrogens (tertiary/aromatic N) is 2. The van der Waals surface area contributed by atoms with Crippen LogP contribution in [-0.4, -0.2) is 16.9 Å². The third-order valence-corrected chi connectivity index (χ3v) is 3.12. The van der Waals surface area contributed by atoms with Crippen LogP contribution in [0.1, 0.15) is 17.0 Å². The molecule has 0 N–H and O–H groups in total. The molecule has 0 spiro atoms. The maximum absolute atomic E-state index is 12.6. The van der Waals surface area contributed by atoms with Crippen molar-refractivity contribution in [1.82, 2.24) is 9.78 Å². The molecule has 0 aliphatic rings. The van der Waals surface area contributed by atoms with E-state index in [1.165, 1.54) is 11.8 Å². The molecule has 3 nitrogen and oxygen atoms in total. The second-order valence-electron chi connectivity index (χ2n) is 4.21. The molecule has 1 aromatic heterocycles. The fourth-order valence-corrected chi connectivity index (χ4v) is 2.07. The zero-order valence-corrected chi connectivity index (χ0v) is 11.6. The van der Waals surface area contributed by atoms with Crippen LogP contribution in [0.5, 0.6) is 5.75 Å². The molecule has 0 amide bonds. The summed E-state index contributed by atoms with van der Waals surface area (Å²) >= 11 is 5.75. The second kappa shape index (κ2) is 5.36. The Hall–Kier alpha value is -1.69. The Bertz CT molecular complexity index is 623. The summed E-state index contributed by atoms with van der Waals surface area (Å²) in [4.78, 5) is 0. The Balaban J connectivity index is 2.49. The van der Waals surface area contributed by atoms with Crippen molar-refractivity contribution >= 4 is 11.6 Å². The number of aromatic nitrogens is 2. The van der Waals surface area contributed by atoms with Gasteiger partial charge in [-0.25, -0.2) is 4.68 Å². The highest BCUT2D eigenvalue weighted by molar-refractivity contribution is 6.17. The van der Waals surface area contributed by atoms with Crippen molar-refractivity contribution in [2.45, 2.75) is 19.0 Å². The maximum atomic E-state index is 12.6. The normalized spacial score (nSPS) is 11.7. The Labute approximate surface area is 118 Å². The lowest BCUT2D eigenvalue weighted by atomic mass is 10.2. The van der Waals surface area contributed by atoms with Crippen molar-refractivity contribution < 1.29 is 17.9 Å². The molecule has 0 radical (unpaired) electrons. The minimum absolute atomic E-state index is 0.259. The molecular weight excluding hydrogens is 293 g/mol. The van der Waals surface area contributed by atoms with Gasteiger partial charge < -0.3 is 4.74 Å². The van der Waals surface area contributed by atoms with Gasteiger partial charge in [-0.1, -0.05) is 6.07 Å². The van der Waals surface area contributed by atoms with E-state index in [1.807, 2.05) is 0 Å². The number of benzene rings is 1. The summed E-state index contributed by atoms with van der Waals surface area (Å²) in [6.45, 7) is 1.56. The highest BCUT2D eigenvalue weighted by Crippen LogP contribution is 2.30. The molecule has 0 aliphatic heterocycles. The molecule has 0 bridgehead atoms. The molecule has 0 fully saturated rings. The predicted octanol–water partition coefficient (Wildman–Crippen LogP) is 3.95. The maximum Gasteiger partial charge on any atom is 0.435 e.